The van der Waals surface area contributed by atoms with Crippen molar-refractivity contribution < 1.29 is 0 Å². The highest BCUT2D eigenvalue weighted by Crippen LogP contribution is 2.18. The molecule has 0 N–H and O–H groups in total. The second kappa shape index (κ2) is 16.4. The highest BCUT2D eigenvalue weighted by molar-refractivity contribution is 6.29. The van der Waals surface area contributed by atoms with E-state index in [-0.39, 0.29) is 0 Å². The summed E-state index contributed by atoms with van der Waals surface area (Å²) in [6, 6.07) is 0. The molecule has 21 heavy (non-hydrogen) atoms. The smallest absolute Gasteiger partial charge is 0.0109 e. The van der Waals surface area contributed by atoms with Gasteiger partial charge in [0.25, 0.3) is 0 Å². The standard InChI is InChI=1S/C20H39Cl/c1-4-5-13-16-19(2)17-14-11-9-7-6-8-10-12-15-18-20(3)21/h19H,3-18H2,1-2H3. The summed E-state index contributed by atoms with van der Waals surface area (Å²) in [7, 11) is 0. The van der Waals surface area contributed by atoms with E-state index in [1.54, 1.807) is 0 Å². The summed E-state index contributed by atoms with van der Waals surface area (Å²) in [6.45, 7) is 8.46. The SMILES string of the molecule is C=C(Cl)CCCCCCCCCCCC(C)CCCCC. The van der Waals surface area contributed by atoms with Crippen molar-refractivity contribution in [3.05, 3.63) is 11.6 Å². The largest absolute Gasteiger partial charge is 0.0898 e. The van der Waals surface area contributed by atoms with Gasteiger partial charge in [-0.1, -0.05) is 115 Å². The van der Waals surface area contributed by atoms with Gasteiger partial charge in [0.05, 0.1) is 0 Å². The molecule has 0 bridgehead atoms. The van der Waals surface area contributed by atoms with Gasteiger partial charge in [-0.25, -0.2) is 0 Å². The minimum atomic E-state index is 0.818. The highest BCUT2D eigenvalue weighted by atomic mass is 35.5. The first-order valence-corrected chi connectivity index (χ1v) is 9.88. The third kappa shape index (κ3) is 18.0. The summed E-state index contributed by atoms with van der Waals surface area (Å²) < 4.78 is 0. The number of hydrogen-bond acceptors (Lipinski definition) is 0. The van der Waals surface area contributed by atoms with Gasteiger partial charge >= 0.3 is 0 Å². The number of hydrogen-bond donors (Lipinski definition) is 0. The molecule has 0 fully saturated rings. The summed E-state index contributed by atoms with van der Waals surface area (Å²) in [5.41, 5.74) is 0. The predicted molar refractivity (Wildman–Crippen MR) is 99.1 cm³/mol. The van der Waals surface area contributed by atoms with Crippen LogP contribution >= 0.6 is 11.6 Å². The van der Waals surface area contributed by atoms with E-state index in [1.165, 1.54) is 89.9 Å². The Kier molecular flexibility index (Phi) is 16.4. The topological polar surface area (TPSA) is 0 Å². The molecule has 0 aliphatic heterocycles. The zero-order valence-corrected chi connectivity index (χ0v) is 15.5. The van der Waals surface area contributed by atoms with Crippen molar-refractivity contribution in [1.82, 2.24) is 0 Å². The van der Waals surface area contributed by atoms with Crippen molar-refractivity contribution in [3.8, 4) is 0 Å². The van der Waals surface area contributed by atoms with Gasteiger partial charge < -0.3 is 0 Å². The van der Waals surface area contributed by atoms with Crippen molar-refractivity contribution in [2.75, 3.05) is 0 Å². The van der Waals surface area contributed by atoms with E-state index in [4.69, 9.17) is 11.6 Å². The average Bonchev–Trinajstić information content (AvgIpc) is 2.44. The van der Waals surface area contributed by atoms with Crippen molar-refractivity contribution in [2.24, 2.45) is 5.92 Å². The molecule has 0 saturated heterocycles. The summed E-state index contributed by atoms with van der Waals surface area (Å²) >= 11 is 5.75. The molecule has 0 aliphatic carbocycles. The van der Waals surface area contributed by atoms with Crippen LogP contribution in [-0.4, -0.2) is 0 Å². The molecule has 0 aliphatic rings. The summed E-state index contributed by atoms with van der Waals surface area (Å²) in [5.74, 6) is 0.952. The fourth-order valence-electron chi connectivity index (χ4n) is 2.93. The molecule has 0 aromatic carbocycles. The van der Waals surface area contributed by atoms with Crippen LogP contribution < -0.4 is 0 Å². The quantitative estimate of drug-likeness (QED) is 0.251. The second-order valence-electron chi connectivity index (χ2n) is 6.84. The molecule has 1 heteroatoms. The van der Waals surface area contributed by atoms with E-state index in [1.807, 2.05) is 0 Å². The van der Waals surface area contributed by atoms with Gasteiger partial charge in [-0.15, -0.1) is 0 Å². The molecule has 0 aromatic heterocycles. The second-order valence-corrected chi connectivity index (χ2v) is 7.37. The monoisotopic (exact) mass is 314 g/mol. The number of allylic oxidation sites excluding steroid dienone is 1. The first kappa shape index (κ1) is 21.0. The lowest BCUT2D eigenvalue weighted by molar-refractivity contribution is 0.435. The molecule has 0 radical (unpaired) electrons. The Bertz CT molecular complexity index is 222. The van der Waals surface area contributed by atoms with Gasteiger partial charge in [0, 0.05) is 5.03 Å². The van der Waals surface area contributed by atoms with Gasteiger partial charge in [-0.3, -0.25) is 0 Å². The van der Waals surface area contributed by atoms with E-state index in [9.17, 15) is 0 Å². The maximum absolute atomic E-state index is 5.75. The average molecular weight is 315 g/mol. The molecule has 0 rings (SSSR count). The van der Waals surface area contributed by atoms with Crippen LogP contribution in [0.4, 0.5) is 0 Å². The fourth-order valence-corrected chi connectivity index (χ4v) is 3.07. The van der Waals surface area contributed by atoms with Crippen LogP contribution in [0.25, 0.3) is 0 Å². The highest BCUT2D eigenvalue weighted by Gasteiger charge is 2.01. The van der Waals surface area contributed by atoms with Crippen molar-refractivity contribution in [2.45, 2.75) is 110 Å². The van der Waals surface area contributed by atoms with Crippen LogP contribution in [-0.2, 0) is 0 Å². The number of halogens is 1. The molecule has 0 saturated carbocycles. The third-order valence-electron chi connectivity index (χ3n) is 4.45. The minimum absolute atomic E-state index is 0.818. The number of rotatable bonds is 16. The molecule has 0 spiro atoms. The molecule has 1 atom stereocenters. The van der Waals surface area contributed by atoms with Crippen LogP contribution in [0.1, 0.15) is 110 Å². The van der Waals surface area contributed by atoms with Gasteiger partial charge in [-0.2, -0.15) is 0 Å². The molecule has 0 nitrogen and oxygen atoms in total. The lowest BCUT2D eigenvalue weighted by Gasteiger charge is -2.10. The van der Waals surface area contributed by atoms with E-state index in [2.05, 4.69) is 20.4 Å². The zero-order chi connectivity index (χ0) is 15.8. The summed E-state index contributed by atoms with van der Waals surface area (Å²) in [5, 5.41) is 0.818. The summed E-state index contributed by atoms with van der Waals surface area (Å²) in [4.78, 5) is 0. The Morgan fingerprint density at radius 2 is 1.19 bits per heavy atom. The Hall–Kier alpha value is 0.0300. The Morgan fingerprint density at radius 1 is 0.762 bits per heavy atom. The van der Waals surface area contributed by atoms with E-state index in [0.29, 0.717) is 0 Å². The third-order valence-corrected chi connectivity index (χ3v) is 4.63. The van der Waals surface area contributed by atoms with Gasteiger partial charge in [0.2, 0.25) is 0 Å². The first-order valence-electron chi connectivity index (χ1n) is 9.50. The molecule has 0 aromatic rings. The van der Waals surface area contributed by atoms with Crippen LogP contribution in [0.5, 0.6) is 0 Å². The minimum Gasteiger partial charge on any atom is -0.0898 e. The van der Waals surface area contributed by atoms with Crippen LogP contribution in [0.2, 0.25) is 0 Å². The van der Waals surface area contributed by atoms with E-state index < -0.39 is 0 Å². The van der Waals surface area contributed by atoms with E-state index in [0.717, 1.165) is 17.4 Å². The Labute approximate surface area is 139 Å². The molecule has 1 unspecified atom stereocenters. The zero-order valence-electron chi connectivity index (χ0n) is 14.8. The summed E-state index contributed by atoms with van der Waals surface area (Å²) in [6.07, 6.45) is 20.6. The van der Waals surface area contributed by atoms with Crippen molar-refractivity contribution in [3.63, 3.8) is 0 Å². The molecule has 0 amide bonds. The predicted octanol–water partition coefficient (Wildman–Crippen LogP) is 8.25. The lowest BCUT2D eigenvalue weighted by atomic mass is 9.96. The molecular formula is C20H39Cl. The maximum atomic E-state index is 5.75. The van der Waals surface area contributed by atoms with Crippen LogP contribution in [0, 0.1) is 5.92 Å². The first-order chi connectivity index (χ1) is 10.2. The van der Waals surface area contributed by atoms with Gasteiger partial charge in [0.1, 0.15) is 0 Å². The number of unbranched alkanes of at least 4 members (excludes halogenated alkanes) is 10. The Balaban J connectivity index is 3.10. The Morgan fingerprint density at radius 3 is 1.67 bits per heavy atom. The fraction of sp³-hybridized carbons (Fsp3) is 0.900. The van der Waals surface area contributed by atoms with Gasteiger partial charge in [-0.05, 0) is 18.8 Å². The lowest BCUT2D eigenvalue weighted by Crippen LogP contribution is -1.94. The van der Waals surface area contributed by atoms with Crippen molar-refractivity contribution >= 4 is 11.6 Å². The van der Waals surface area contributed by atoms with Crippen molar-refractivity contribution in [1.29, 1.82) is 0 Å². The maximum Gasteiger partial charge on any atom is 0.0109 e. The van der Waals surface area contributed by atoms with E-state index >= 15 is 0 Å². The molecule has 126 valence electrons. The molecular weight excluding hydrogens is 276 g/mol. The normalized spacial score (nSPS) is 12.5. The van der Waals surface area contributed by atoms with Crippen LogP contribution in [0.15, 0.2) is 11.6 Å². The molecule has 0 heterocycles. The van der Waals surface area contributed by atoms with Crippen LogP contribution in [0.3, 0.4) is 0 Å². The van der Waals surface area contributed by atoms with Gasteiger partial charge in [0.15, 0.2) is 0 Å².